The molecule has 4 rings (SSSR count). The molecule has 31 heavy (non-hydrogen) atoms. The number of nitriles is 1. The molecule has 3 aliphatic rings. The van der Waals surface area contributed by atoms with E-state index in [9.17, 15) is 23.3 Å². The van der Waals surface area contributed by atoms with Gasteiger partial charge in [-0.3, -0.25) is 4.79 Å². The lowest BCUT2D eigenvalue weighted by Gasteiger charge is -2.38. The maximum Gasteiger partial charge on any atom is 0.338 e. The fraction of sp³-hybridized carbons (Fsp3) is 0.500. The maximum atomic E-state index is 12.6. The lowest BCUT2D eigenvalue weighted by Crippen LogP contribution is -2.51. The van der Waals surface area contributed by atoms with E-state index < -0.39 is 34.0 Å². The lowest BCUT2D eigenvalue weighted by atomic mass is 9.81. The highest BCUT2D eigenvalue weighted by Gasteiger charge is 2.39. The second-order valence-corrected chi connectivity index (χ2v) is 10.6. The highest BCUT2D eigenvalue weighted by atomic mass is 32.2. The van der Waals surface area contributed by atoms with Gasteiger partial charge in [0.25, 0.3) is 15.9 Å². The number of nitrogens with zero attached hydrogens (tertiary/aromatic N) is 4. The number of carbonyl (C=O) groups is 2. The number of anilines is 1. The van der Waals surface area contributed by atoms with Crippen LogP contribution >= 0.6 is 11.8 Å². The van der Waals surface area contributed by atoms with E-state index in [0.29, 0.717) is 29.4 Å². The summed E-state index contributed by atoms with van der Waals surface area (Å²) in [7, 11) is -1.87. The number of fused-ring (bicyclic) bond motifs is 3. The van der Waals surface area contributed by atoms with E-state index in [1.807, 2.05) is 0 Å². The van der Waals surface area contributed by atoms with Crippen LogP contribution in [0.25, 0.3) is 0 Å². The van der Waals surface area contributed by atoms with Crippen molar-refractivity contribution in [3.05, 3.63) is 23.8 Å². The van der Waals surface area contributed by atoms with Crippen molar-refractivity contribution in [3.63, 3.8) is 0 Å². The first-order chi connectivity index (χ1) is 14.7. The largest absolute Gasteiger partial charge is 0.452 e. The fourth-order valence-corrected chi connectivity index (χ4v) is 6.36. The molecule has 2 heterocycles. The molecule has 0 spiro atoms. The number of amidine groups is 1. The number of sulfonamides is 1. The van der Waals surface area contributed by atoms with Crippen LogP contribution in [-0.4, -0.2) is 61.9 Å². The van der Waals surface area contributed by atoms with Crippen LogP contribution in [0.15, 0.2) is 27.5 Å². The van der Waals surface area contributed by atoms with E-state index in [1.54, 1.807) is 30.1 Å². The average Bonchev–Trinajstić information content (AvgIpc) is 3.12. The fourth-order valence-electron chi connectivity index (χ4n) is 4.06. The topological polar surface area (TPSA) is 120 Å². The third kappa shape index (κ3) is 4.14. The Hall–Kier alpha value is -2.58. The molecule has 9 nitrogen and oxygen atoms in total. The number of carbonyl (C=O) groups excluding carboxylic acids is 2. The molecule has 0 N–H and O–H groups in total. The third-order valence-corrected chi connectivity index (χ3v) is 8.25. The Kier molecular flexibility index (Phi) is 5.70. The Morgan fingerprint density at radius 3 is 2.77 bits per heavy atom. The standard InChI is InChI=1S/C20H22N4O5S2/c1-23(20(13-21)7-3-2-4-8-20)17(25)12-29-18(26)14-5-6-15-16(11-14)30-19-22-31(27,28)10-9-24(15)19/h5-6,11H,2-4,7-10,12H2,1H3. The monoisotopic (exact) mass is 462 g/mol. The van der Waals surface area contributed by atoms with Crippen molar-refractivity contribution < 1.29 is 22.7 Å². The molecule has 1 aliphatic carbocycles. The zero-order chi connectivity index (χ0) is 22.2. The van der Waals surface area contributed by atoms with Crippen molar-refractivity contribution in [3.8, 4) is 6.07 Å². The summed E-state index contributed by atoms with van der Waals surface area (Å²) in [5, 5.41) is 9.99. The molecule has 0 radical (unpaired) electrons. The predicted molar refractivity (Wildman–Crippen MR) is 115 cm³/mol. The first-order valence-electron chi connectivity index (χ1n) is 10.0. The van der Waals surface area contributed by atoms with Gasteiger partial charge < -0.3 is 14.5 Å². The molecule has 1 aromatic rings. The van der Waals surface area contributed by atoms with Gasteiger partial charge in [-0.15, -0.1) is 4.40 Å². The van der Waals surface area contributed by atoms with E-state index in [1.165, 1.54) is 16.7 Å². The third-order valence-electron chi connectivity index (χ3n) is 5.94. The van der Waals surface area contributed by atoms with E-state index >= 15 is 0 Å². The van der Waals surface area contributed by atoms with E-state index in [0.717, 1.165) is 24.9 Å². The number of likely N-dealkylation sites (N-methyl/N-ethyl adjacent to an activating group) is 1. The van der Waals surface area contributed by atoms with Crippen molar-refractivity contribution >= 4 is 44.5 Å². The van der Waals surface area contributed by atoms with Crippen molar-refractivity contribution in [2.24, 2.45) is 4.40 Å². The van der Waals surface area contributed by atoms with Crippen LogP contribution in [-0.2, 0) is 19.6 Å². The maximum absolute atomic E-state index is 12.6. The average molecular weight is 463 g/mol. The summed E-state index contributed by atoms with van der Waals surface area (Å²) in [6.07, 6.45) is 4.07. The Morgan fingerprint density at radius 2 is 2.06 bits per heavy atom. The molecule has 11 heteroatoms. The molecule has 0 aromatic heterocycles. The molecule has 0 saturated heterocycles. The predicted octanol–water partition coefficient (Wildman–Crippen LogP) is 2.14. The van der Waals surface area contributed by atoms with Gasteiger partial charge in [-0.25, -0.2) is 13.2 Å². The molecule has 1 aromatic carbocycles. The summed E-state index contributed by atoms with van der Waals surface area (Å²) in [6.45, 7) is -0.132. The quantitative estimate of drug-likeness (QED) is 0.624. The number of hydrogen-bond acceptors (Lipinski definition) is 8. The SMILES string of the molecule is CN(C(=O)COC(=O)c1ccc2c(c1)SC1=NS(=O)(=O)CCN12)C1(C#N)CCCCC1. The van der Waals surface area contributed by atoms with Gasteiger partial charge in [-0.05, 0) is 42.8 Å². The van der Waals surface area contributed by atoms with Crippen molar-refractivity contribution in [2.45, 2.75) is 42.5 Å². The molecular weight excluding hydrogens is 440 g/mol. The summed E-state index contributed by atoms with van der Waals surface area (Å²) in [5.74, 6) is -1.12. The van der Waals surface area contributed by atoms with Gasteiger partial charge in [-0.1, -0.05) is 19.3 Å². The van der Waals surface area contributed by atoms with Gasteiger partial charge in [0.05, 0.1) is 23.1 Å². The number of rotatable bonds is 4. The summed E-state index contributed by atoms with van der Waals surface area (Å²) >= 11 is 1.18. The smallest absolute Gasteiger partial charge is 0.338 e. The molecule has 1 amide bonds. The van der Waals surface area contributed by atoms with Crippen molar-refractivity contribution in [1.82, 2.24) is 4.90 Å². The summed E-state index contributed by atoms with van der Waals surface area (Å²) in [4.78, 5) is 29.0. The molecule has 2 aliphatic heterocycles. The number of benzene rings is 1. The highest BCUT2D eigenvalue weighted by Crippen LogP contribution is 2.42. The lowest BCUT2D eigenvalue weighted by molar-refractivity contribution is -0.138. The van der Waals surface area contributed by atoms with Crippen LogP contribution < -0.4 is 4.90 Å². The summed E-state index contributed by atoms with van der Waals surface area (Å²) in [5.41, 5.74) is 0.217. The zero-order valence-electron chi connectivity index (χ0n) is 17.0. The second-order valence-electron chi connectivity index (χ2n) is 7.83. The zero-order valence-corrected chi connectivity index (χ0v) is 18.7. The normalized spacial score (nSPS) is 20.6. The second kappa shape index (κ2) is 8.16. The van der Waals surface area contributed by atoms with Crippen LogP contribution in [0, 0.1) is 11.3 Å². The van der Waals surface area contributed by atoms with Gasteiger partial charge in [0.15, 0.2) is 11.8 Å². The first kappa shape index (κ1) is 21.6. The molecule has 0 bridgehead atoms. The number of esters is 1. The molecule has 0 atom stereocenters. The van der Waals surface area contributed by atoms with Crippen LogP contribution in [0.1, 0.15) is 42.5 Å². The van der Waals surface area contributed by atoms with Crippen LogP contribution in [0.4, 0.5) is 5.69 Å². The van der Waals surface area contributed by atoms with Gasteiger partial charge in [0, 0.05) is 18.5 Å². The van der Waals surface area contributed by atoms with Gasteiger partial charge in [-0.2, -0.15) is 5.26 Å². The minimum absolute atomic E-state index is 0.0554. The Bertz CT molecular complexity index is 1100. The number of amides is 1. The van der Waals surface area contributed by atoms with Crippen molar-refractivity contribution in [1.29, 1.82) is 5.26 Å². The molecular formula is C20H22N4O5S2. The van der Waals surface area contributed by atoms with Crippen molar-refractivity contribution in [2.75, 3.05) is 30.9 Å². The minimum atomic E-state index is -3.46. The summed E-state index contributed by atoms with van der Waals surface area (Å²) < 4.78 is 32.5. The van der Waals surface area contributed by atoms with Gasteiger partial charge in [0.2, 0.25) is 0 Å². The molecule has 1 fully saturated rings. The molecule has 0 unspecified atom stereocenters. The van der Waals surface area contributed by atoms with Gasteiger partial charge >= 0.3 is 5.97 Å². The van der Waals surface area contributed by atoms with Crippen LogP contribution in [0.3, 0.4) is 0 Å². The number of hydrogen-bond donors (Lipinski definition) is 0. The van der Waals surface area contributed by atoms with Crippen LogP contribution in [0.2, 0.25) is 0 Å². The molecule has 1 saturated carbocycles. The summed E-state index contributed by atoms with van der Waals surface area (Å²) in [6, 6.07) is 7.20. The number of ether oxygens (including phenoxy) is 1. The van der Waals surface area contributed by atoms with Gasteiger partial charge in [0.1, 0.15) is 5.54 Å². The number of thioether (sulfide) groups is 1. The van der Waals surface area contributed by atoms with Crippen LogP contribution in [0.5, 0.6) is 0 Å². The highest BCUT2D eigenvalue weighted by molar-refractivity contribution is 8.15. The Morgan fingerprint density at radius 1 is 1.32 bits per heavy atom. The Balaban J connectivity index is 1.42. The van der Waals surface area contributed by atoms with E-state index in [-0.39, 0.29) is 11.3 Å². The minimum Gasteiger partial charge on any atom is -0.452 e. The molecule has 164 valence electrons. The first-order valence-corrected chi connectivity index (χ1v) is 12.4. The van der Waals surface area contributed by atoms with E-state index in [4.69, 9.17) is 4.74 Å². The Labute approximate surface area is 185 Å². The van der Waals surface area contributed by atoms with E-state index in [2.05, 4.69) is 10.5 Å².